The summed E-state index contributed by atoms with van der Waals surface area (Å²) in [6.07, 6.45) is 0. The second-order valence-corrected chi connectivity index (χ2v) is 7.87. The second kappa shape index (κ2) is 5.91. The lowest BCUT2D eigenvalue weighted by atomic mass is 9.98. The molecule has 0 atom stereocenters. The van der Waals surface area contributed by atoms with Gasteiger partial charge in [-0.15, -0.1) is 0 Å². The molecule has 0 aliphatic carbocycles. The number of furan rings is 1. The number of hydrogen-bond acceptors (Lipinski definition) is 2. The molecule has 0 spiro atoms. The normalized spacial score (nSPS) is 11.8. The maximum absolute atomic E-state index is 6.36. The lowest BCUT2D eigenvalue weighted by Crippen LogP contribution is -1.90. The van der Waals surface area contributed by atoms with Gasteiger partial charge in [-0.1, -0.05) is 76.6 Å². The fourth-order valence-electron chi connectivity index (χ4n) is 4.06. The Morgan fingerprint density at radius 1 is 0.679 bits per heavy atom. The van der Waals surface area contributed by atoms with Gasteiger partial charge in [0, 0.05) is 37.0 Å². The molecule has 132 valence electrons. The first kappa shape index (κ1) is 15.8. The zero-order chi connectivity index (χ0) is 18.7. The molecule has 0 aliphatic heterocycles. The summed E-state index contributed by atoms with van der Waals surface area (Å²) < 4.78 is 7.37. The van der Waals surface area contributed by atoms with E-state index in [0.29, 0.717) is 0 Å². The third kappa shape index (κ3) is 2.23. The Bertz CT molecular complexity index is 1520. The molecule has 2 aromatic heterocycles. The van der Waals surface area contributed by atoms with E-state index in [0.717, 1.165) is 59.3 Å². The second-order valence-electron chi connectivity index (χ2n) is 6.95. The number of rotatable bonds is 1. The Hall–Kier alpha value is -3.17. The third-order valence-electron chi connectivity index (χ3n) is 5.31. The SMILES string of the molecule is Brc1ccc2c(c1)nc(-c1ccccc1)c1ccc3c4ccccc4oc3c12. The van der Waals surface area contributed by atoms with Crippen LogP contribution in [0.1, 0.15) is 0 Å². The Kier molecular flexibility index (Phi) is 3.35. The first-order valence-corrected chi connectivity index (χ1v) is 9.97. The molecular weight excluding hydrogens is 410 g/mol. The van der Waals surface area contributed by atoms with Crippen molar-refractivity contribution >= 4 is 59.5 Å². The Morgan fingerprint density at radius 2 is 1.43 bits per heavy atom. The van der Waals surface area contributed by atoms with Crippen molar-refractivity contribution in [1.29, 1.82) is 0 Å². The van der Waals surface area contributed by atoms with Gasteiger partial charge < -0.3 is 4.42 Å². The van der Waals surface area contributed by atoms with Crippen molar-refractivity contribution in [2.45, 2.75) is 0 Å². The van der Waals surface area contributed by atoms with E-state index in [1.165, 1.54) is 0 Å². The van der Waals surface area contributed by atoms with Crippen LogP contribution >= 0.6 is 15.9 Å². The van der Waals surface area contributed by atoms with E-state index in [-0.39, 0.29) is 0 Å². The van der Waals surface area contributed by atoms with Crippen LogP contribution in [-0.4, -0.2) is 4.98 Å². The van der Waals surface area contributed by atoms with Gasteiger partial charge in [0.15, 0.2) is 0 Å². The van der Waals surface area contributed by atoms with E-state index in [1.54, 1.807) is 0 Å². The lowest BCUT2D eigenvalue weighted by molar-refractivity contribution is 0.673. The summed E-state index contributed by atoms with van der Waals surface area (Å²) in [4.78, 5) is 5.02. The van der Waals surface area contributed by atoms with E-state index in [9.17, 15) is 0 Å². The summed E-state index contributed by atoms with van der Waals surface area (Å²) in [6.45, 7) is 0. The molecule has 28 heavy (non-hydrogen) atoms. The van der Waals surface area contributed by atoms with Crippen molar-refractivity contribution in [2.75, 3.05) is 0 Å². The number of fused-ring (bicyclic) bond motifs is 7. The van der Waals surface area contributed by atoms with Crippen molar-refractivity contribution < 1.29 is 4.42 Å². The van der Waals surface area contributed by atoms with Crippen LogP contribution in [0.4, 0.5) is 0 Å². The molecule has 0 amide bonds. The fourth-order valence-corrected chi connectivity index (χ4v) is 4.41. The summed E-state index contributed by atoms with van der Waals surface area (Å²) in [6, 6.07) is 29.1. The topological polar surface area (TPSA) is 26.0 Å². The first-order valence-electron chi connectivity index (χ1n) is 9.18. The smallest absolute Gasteiger partial charge is 0.144 e. The third-order valence-corrected chi connectivity index (χ3v) is 5.80. The number of pyridine rings is 1. The molecule has 4 aromatic carbocycles. The number of hydrogen-bond donors (Lipinski definition) is 0. The van der Waals surface area contributed by atoms with E-state index >= 15 is 0 Å². The van der Waals surface area contributed by atoms with Gasteiger partial charge in [0.25, 0.3) is 0 Å². The number of halogens is 1. The highest BCUT2D eigenvalue weighted by molar-refractivity contribution is 9.10. The van der Waals surface area contributed by atoms with Crippen LogP contribution in [0.3, 0.4) is 0 Å². The largest absolute Gasteiger partial charge is 0.455 e. The van der Waals surface area contributed by atoms with Crippen LogP contribution in [0, 0.1) is 0 Å². The molecule has 3 heteroatoms. The Balaban J connectivity index is 1.88. The maximum atomic E-state index is 6.36. The van der Waals surface area contributed by atoms with E-state index < -0.39 is 0 Å². The quantitative estimate of drug-likeness (QED) is 0.253. The maximum Gasteiger partial charge on any atom is 0.144 e. The first-order chi connectivity index (χ1) is 13.8. The predicted octanol–water partition coefficient (Wildman–Crippen LogP) is 7.72. The highest BCUT2D eigenvalue weighted by Gasteiger charge is 2.17. The summed E-state index contributed by atoms with van der Waals surface area (Å²) in [5.41, 5.74) is 4.86. The molecule has 6 rings (SSSR count). The molecule has 0 aliphatic rings. The van der Waals surface area contributed by atoms with Gasteiger partial charge in [0.1, 0.15) is 11.2 Å². The fraction of sp³-hybridized carbons (Fsp3) is 0. The predicted molar refractivity (Wildman–Crippen MR) is 120 cm³/mol. The van der Waals surface area contributed by atoms with Crippen LogP contribution in [0.5, 0.6) is 0 Å². The molecule has 0 fully saturated rings. The molecule has 0 bridgehead atoms. The van der Waals surface area contributed by atoms with Crippen molar-refractivity contribution in [3.8, 4) is 11.3 Å². The number of para-hydroxylation sites is 1. The Morgan fingerprint density at radius 3 is 2.32 bits per heavy atom. The van der Waals surface area contributed by atoms with Gasteiger partial charge in [-0.2, -0.15) is 0 Å². The van der Waals surface area contributed by atoms with Crippen molar-refractivity contribution in [2.24, 2.45) is 0 Å². The van der Waals surface area contributed by atoms with Crippen LogP contribution in [0.25, 0.3) is 54.9 Å². The average Bonchev–Trinajstić information content (AvgIpc) is 3.12. The van der Waals surface area contributed by atoms with Gasteiger partial charge in [0.05, 0.1) is 11.2 Å². The average molecular weight is 424 g/mol. The zero-order valence-corrected chi connectivity index (χ0v) is 16.4. The van der Waals surface area contributed by atoms with Gasteiger partial charge in [-0.05, 0) is 24.3 Å². The van der Waals surface area contributed by atoms with Gasteiger partial charge in [-0.3, -0.25) is 0 Å². The summed E-state index contributed by atoms with van der Waals surface area (Å²) in [7, 11) is 0. The standard InChI is InChI=1S/C25H14BrNO/c26-16-10-11-19-21(14-16)27-24(15-6-2-1-3-7-15)20-13-12-18-17-8-4-5-9-22(17)28-25(18)23(19)20/h1-14H. The Labute approximate surface area is 169 Å². The minimum Gasteiger partial charge on any atom is -0.455 e. The van der Waals surface area contributed by atoms with Crippen molar-refractivity contribution in [3.05, 3.63) is 89.4 Å². The number of aromatic nitrogens is 1. The summed E-state index contributed by atoms with van der Waals surface area (Å²) >= 11 is 3.59. The van der Waals surface area contributed by atoms with Crippen LogP contribution < -0.4 is 0 Å². The molecule has 0 radical (unpaired) electrons. The highest BCUT2D eigenvalue weighted by Crippen LogP contribution is 2.40. The number of nitrogens with zero attached hydrogens (tertiary/aromatic N) is 1. The summed E-state index contributed by atoms with van der Waals surface area (Å²) in [5.74, 6) is 0. The van der Waals surface area contributed by atoms with Crippen molar-refractivity contribution in [3.63, 3.8) is 0 Å². The van der Waals surface area contributed by atoms with E-state index in [2.05, 4.69) is 70.5 Å². The van der Waals surface area contributed by atoms with E-state index in [1.807, 2.05) is 30.3 Å². The minimum atomic E-state index is 0.910. The molecule has 0 unspecified atom stereocenters. The van der Waals surface area contributed by atoms with Crippen LogP contribution in [0.15, 0.2) is 93.8 Å². The molecule has 0 N–H and O–H groups in total. The molecular formula is C25H14BrNO. The molecule has 0 saturated carbocycles. The van der Waals surface area contributed by atoms with E-state index in [4.69, 9.17) is 9.40 Å². The number of benzene rings is 4. The summed E-state index contributed by atoms with van der Waals surface area (Å²) in [5, 5.41) is 5.60. The molecule has 0 saturated heterocycles. The minimum absolute atomic E-state index is 0.910. The van der Waals surface area contributed by atoms with Gasteiger partial charge in [-0.25, -0.2) is 4.98 Å². The van der Waals surface area contributed by atoms with Gasteiger partial charge >= 0.3 is 0 Å². The zero-order valence-electron chi connectivity index (χ0n) is 14.8. The molecule has 2 heterocycles. The van der Waals surface area contributed by atoms with Gasteiger partial charge in [0.2, 0.25) is 0 Å². The van der Waals surface area contributed by atoms with Crippen molar-refractivity contribution in [1.82, 2.24) is 4.98 Å². The van der Waals surface area contributed by atoms with Crippen LogP contribution in [-0.2, 0) is 0 Å². The lowest BCUT2D eigenvalue weighted by Gasteiger charge is -2.11. The van der Waals surface area contributed by atoms with Crippen LogP contribution in [0.2, 0.25) is 0 Å². The highest BCUT2D eigenvalue weighted by atomic mass is 79.9. The molecule has 6 aromatic rings. The molecule has 2 nitrogen and oxygen atoms in total. The monoisotopic (exact) mass is 423 g/mol.